The molecule has 0 aliphatic heterocycles. The summed E-state index contributed by atoms with van der Waals surface area (Å²) in [5.74, 6) is -0.139. The molecule has 8 nitrogen and oxygen atoms in total. The molecule has 0 saturated heterocycles. The molecule has 0 saturated carbocycles. The molecule has 0 aliphatic rings. The molecule has 0 unspecified atom stereocenters. The zero-order chi connectivity index (χ0) is 34.3. The molecule has 9 aromatic rings. The van der Waals surface area contributed by atoms with Crippen LogP contribution in [0.15, 0.2) is 158 Å². The number of rotatable bonds is 4. The second-order valence-electron chi connectivity index (χ2n) is 11.3. The molecule has 0 fully saturated rings. The first kappa shape index (κ1) is 34.6. The average Bonchev–Trinajstić information content (AvgIpc) is 3.80. The Kier molecular flexibility index (Phi) is 10.8. The van der Waals surface area contributed by atoms with Crippen molar-refractivity contribution in [3.63, 3.8) is 0 Å². The number of hydrogen-bond donors (Lipinski definition) is 1. The summed E-state index contributed by atoms with van der Waals surface area (Å²) >= 11 is 0. The summed E-state index contributed by atoms with van der Waals surface area (Å²) in [6.45, 7) is 1.40. The van der Waals surface area contributed by atoms with Crippen molar-refractivity contribution in [1.29, 1.82) is 0 Å². The Hall–Kier alpha value is -6.28. The molecule has 0 spiro atoms. The van der Waals surface area contributed by atoms with Gasteiger partial charge in [0.1, 0.15) is 27.8 Å². The molecule has 0 aliphatic carbocycles. The molecule has 0 amide bonds. The topological polar surface area (TPSA) is 98.7 Å². The van der Waals surface area contributed by atoms with Crippen molar-refractivity contribution < 1.29 is 30.0 Å². The maximum absolute atomic E-state index is 10.6. The zero-order valence-corrected chi connectivity index (χ0v) is 29.8. The van der Waals surface area contributed by atoms with Crippen molar-refractivity contribution in [2.24, 2.45) is 0 Å². The van der Waals surface area contributed by atoms with E-state index in [1.165, 1.54) is 13.0 Å². The maximum atomic E-state index is 10.6. The Bertz CT molecular complexity index is 2390. The molecule has 251 valence electrons. The predicted octanol–water partition coefficient (Wildman–Crippen LogP) is 8.92. The number of fused-ring (bicyclic) bond motifs is 4. The van der Waals surface area contributed by atoms with E-state index in [0.717, 1.165) is 55.0 Å². The van der Waals surface area contributed by atoms with E-state index >= 15 is 0 Å². The fourth-order valence-electron chi connectivity index (χ4n) is 5.43. The number of allylic oxidation sites excluding steroid dienone is 1. The first-order valence-electron chi connectivity index (χ1n) is 15.9. The van der Waals surface area contributed by atoms with Gasteiger partial charge in [-0.15, -0.1) is 33.7 Å². The Morgan fingerprint density at radius 2 is 0.922 bits per heavy atom. The number of aromatic nitrogens is 6. The zero-order valence-electron chi connectivity index (χ0n) is 27.4. The van der Waals surface area contributed by atoms with E-state index in [-0.39, 0.29) is 31.6 Å². The van der Waals surface area contributed by atoms with Crippen molar-refractivity contribution in [2.75, 3.05) is 0 Å². The van der Waals surface area contributed by atoms with Crippen LogP contribution in [-0.2, 0) is 24.9 Å². The van der Waals surface area contributed by atoms with E-state index in [0.29, 0.717) is 5.56 Å². The number of benzene rings is 7. The average molecular weight is 843 g/mol. The monoisotopic (exact) mass is 843 g/mol. The largest absolute Gasteiger partial charge is 0.507 e. The van der Waals surface area contributed by atoms with Gasteiger partial charge in [0.2, 0.25) is 0 Å². The van der Waals surface area contributed by atoms with Gasteiger partial charge in [-0.3, -0.25) is 4.79 Å². The third kappa shape index (κ3) is 7.97. The van der Waals surface area contributed by atoms with Gasteiger partial charge in [-0.25, -0.2) is 0 Å². The summed E-state index contributed by atoms with van der Waals surface area (Å²) in [6.07, 6.45) is 1.20. The molecule has 9 rings (SSSR count). The summed E-state index contributed by atoms with van der Waals surface area (Å²) in [7, 11) is 0. The van der Waals surface area contributed by atoms with E-state index in [9.17, 15) is 9.90 Å². The molecule has 7 aromatic carbocycles. The first-order valence-corrected chi connectivity index (χ1v) is 15.9. The summed E-state index contributed by atoms with van der Waals surface area (Å²) in [5.41, 5.74) is 6.00. The Balaban J connectivity index is 0.000000135. The van der Waals surface area contributed by atoms with Gasteiger partial charge in [0.15, 0.2) is 5.78 Å². The fraction of sp³-hybridized carbons (Fsp3) is 0.0238. The minimum Gasteiger partial charge on any atom is -0.507 e. The smallest absolute Gasteiger partial charge is 0.156 e. The fourth-order valence-corrected chi connectivity index (χ4v) is 5.43. The minimum absolute atomic E-state index is 0. The van der Waals surface area contributed by atoms with E-state index in [1.54, 1.807) is 33.9 Å². The van der Waals surface area contributed by atoms with Gasteiger partial charge >= 0.3 is 0 Å². The van der Waals surface area contributed by atoms with Crippen LogP contribution in [0, 0.1) is 12.1 Å². The maximum Gasteiger partial charge on any atom is 0.156 e. The van der Waals surface area contributed by atoms with Gasteiger partial charge in [0.25, 0.3) is 0 Å². The Labute approximate surface area is 307 Å². The predicted molar refractivity (Wildman–Crippen MR) is 198 cm³/mol. The number of aliphatic hydroxyl groups is 1. The van der Waals surface area contributed by atoms with Gasteiger partial charge < -0.3 is 5.11 Å². The van der Waals surface area contributed by atoms with Crippen LogP contribution < -0.4 is 0 Å². The second-order valence-corrected chi connectivity index (χ2v) is 11.3. The number of carbonyl (C=O) groups excluding carboxylic acids is 1. The van der Waals surface area contributed by atoms with Gasteiger partial charge in [0.05, 0.1) is 0 Å². The summed E-state index contributed by atoms with van der Waals surface area (Å²) in [6, 6.07) is 55.4. The van der Waals surface area contributed by atoms with Crippen LogP contribution in [0.4, 0.5) is 0 Å². The van der Waals surface area contributed by atoms with Crippen molar-refractivity contribution in [2.45, 2.75) is 6.92 Å². The molecule has 2 heterocycles. The number of aliphatic hydroxyl groups excluding tert-OH is 1. The molecule has 1 radical (unpaired) electrons. The van der Waals surface area contributed by atoms with Crippen LogP contribution in [0.3, 0.4) is 0 Å². The molecule has 9 heteroatoms. The summed E-state index contributed by atoms with van der Waals surface area (Å²) < 4.78 is 0. The molecular formula is C42H30IrN6O2-2. The molecule has 0 bridgehead atoms. The van der Waals surface area contributed by atoms with Crippen LogP contribution in [0.1, 0.15) is 12.5 Å². The molecule has 51 heavy (non-hydrogen) atoms. The van der Waals surface area contributed by atoms with Gasteiger partial charge in [-0.2, -0.15) is 66.4 Å². The van der Waals surface area contributed by atoms with E-state index < -0.39 is 0 Å². The first-order chi connectivity index (χ1) is 24.5. The normalized spacial score (nSPS) is 11.0. The number of carbonyl (C=O) groups is 1. The standard InChI is InChI=1S/2C16H10N3.C10H10O2.Ir/c2*1-2-8-13-12(6-1)7-5-11-16(13)19-17-14-9-3-4-10-15(14)18-19;1-8(11)7-10(12)9-5-3-2-4-6-9;/h2*1-10H;2-7,12H,1H3;/q2*-1;;. The number of nitrogens with zero attached hydrogens (tertiary/aromatic N) is 6. The molecule has 0 atom stereocenters. The Morgan fingerprint density at radius 1 is 0.549 bits per heavy atom. The van der Waals surface area contributed by atoms with Crippen LogP contribution in [-0.4, -0.2) is 40.9 Å². The van der Waals surface area contributed by atoms with E-state index in [1.807, 2.05) is 103 Å². The van der Waals surface area contributed by atoms with Gasteiger partial charge in [-0.05, 0) is 42.6 Å². The molecular weight excluding hydrogens is 813 g/mol. The third-order valence-electron chi connectivity index (χ3n) is 7.78. The summed E-state index contributed by atoms with van der Waals surface area (Å²) in [5, 5.41) is 31.9. The Morgan fingerprint density at radius 3 is 1.33 bits per heavy atom. The minimum atomic E-state index is -0.156. The van der Waals surface area contributed by atoms with E-state index in [4.69, 9.17) is 0 Å². The number of hydrogen-bond acceptors (Lipinski definition) is 6. The van der Waals surface area contributed by atoms with Crippen molar-refractivity contribution >= 4 is 55.2 Å². The van der Waals surface area contributed by atoms with Crippen molar-refractivity contribution in [3.8, 4) is 11.4 Å². The molecule has 2 aromatic heterocycles. The van der Waals surface area contributed by atoms with Crippen molar-refractivity contribution in [1.82, 2.24) is 30.0 Å². The van der Waals surface area contributed by atoms with Crippen LogP contribution in [0.25, 0.3) is 60.7 Å². The summed E-state index contributed by atoms with van der Waals surface area (Å²) in [4.78, 5) is 13.9. The SMILES string of the molecule is CC(=O)C=C(O)c1ccccc1.[Ir].[c-]1ccc2ccccc2c1-n1nc2ccccc2n1.[c-]1ccc2ccccc2c1-n1nc2ccccc2n1. The van der Waals surface area contributed by atoms with Gasteiger partial charge in [0, 0.05) is 31.7 Å². The molecule has 1 N–H and O–H groups in total. The third-order valence-corrected chi connectivity index (χ3v) is 7.78. The van der Waals surface area contributed by atoms with Crippen LogP contribution in [0.2, 0.25) is 0 Å². The number of ketones is 1. The van der Waals surface area contributed by atoms with Crippen molar-refractivity contribution in [3.05, 3.63) is 175 Å². The van der Waals surface area contributed by atoms with E-state index in [2.05, 4.69) is 56.8 Å². The quantitative estimate of drug-likeness (QED) is 0.108. The van der Waals surface area contributed by atoms with Gasteiger partial charge in [-0.1, -0.05) is 91.0 Å². The van der Waals surface area contributed by atoms with Crippen LogP contribution in [0.5, 0.6) is 0 Å². The second kappa shape index (κ2) is 16.0. The van der Waals surface area contributed by atoms with Crippen LogP contribution >= 0.6 is 0 Å².